The van der Waals surface area contributed by atoms with E-state index >= 15 is 0 Å². The van der Waals surface area contributed by atoms with Crippen LogP contribution in [0.1, 0.15) is 52.4 Å². The minimum atomic E-state index is -0.598. The maximum atomic E-state index is 11.7. The predicted molar refractivity (Wildman–Crippen MR) is 79.1 cm³/mol. The zero-order chi connectivity index (χ0) is 15.1. The summed E-state index contributed by atoms with van der Waals surface area (Å²) < 4.78 is 11.6. The van der Waals surface area contributed by atoms with Gasteiger partial charge in [0.05, 0.1) is 18.1 Å². The van der Waals surface area contributed by atoms with Crippen LogP contribution in [-0.4, -0.2) is 36.5 Å². The highest BCUT2D eigenvalue weighted by Crippen LogP contribution is 2.49. The van der Waals surface area contributed by atoms with Gasteiger partial charge in [0.25, 0.3) is 0 Å². The fourth-order valence-electron chi connectivity index (χ4n) is 4.74. The molecule has 1 aliphatic carbocycles. The number of carboxylic acid groups (broad SMARTS) is 1. The molecule has 3 aliphatic rings. The summed E-state index contributed by atoms with van der Waals surface area (Å²) in [6.45, 7) is 6.80. The lowest BCUT2D eigenvalue weighted by Gasteiger charge is -2.47. The van der Waals surface area contributed by atoms with Crippen LogP contribution in [0.2, 0.25) is 0 Å². The molecule has 4 unspecified atom stereocenters. The lowest BCUT2D eigenvalue weighted by atomic mass is 9.61. The Morgan fingerprint density at radius 1 is 1.14 bits per heavy atom. The summed E-state index contributed by atoms with van der Waals surface area (Å²) in [5.41, 5.74) is 0.155. The molecule has 2 saturated heterocycles. The van der Waals surface area contributed by atoms with Crippen molar-refractivity contribution in [1.29, 1.82) is 0 Å². The molecule has 0 amide bonds. The molecule has 3 fully saturated rings. The second-order valence-electron chi connectivity index (χ2n) is 8.10. The minimum absolute atomic E-state index is 0.117. The van der Waals surface area contributed by atoms with E-state index in [0.717, 1.165) is 51.7 Å². The molecule has 4 heteroatoms. The topological polar surface area (TPSA) is 55.8 Å². The molecule has 1 N–H and O–H groups in total. The van der Waals surface area contributed by atoms with Crippen molar-refractivity contribution in [3.05, 3.63) is 0 Å². The number of ether oxygens (including phenoxy) is 2. The predicted octanol–water partition coefficient (Wildman–Crippen LogP) is 3.10. The lowest BCUT2D eigenvalue weighted by Crippen LogP contribution is -2.46. The second kappa shape index (κ2) is 5.54. The first kappa shape index (κ1) is 15.3. The fraction of sp³-hybridized carbons (Fsp3) is 0.941. The van der Waals surface area contributed by atoms with Crippen molar-refractivity contribution in [1.82, 2.24) is 0 Å². The van der Waals surface area contributed by atoms with Crippen molar-refractivity contribution in [3.63, 3.8) is 0 Å². The van der Waals surface area contributed by atoms with Crippen LogP contribution in [0.25, 0.3) is 0 Å². The van der Waals surface area contributed by atoms with Crippen LogP contribution < -0.4 is 0 Å². The third-order valence-corrected chi connectivity index (χ3v) is 5.96. The van der Waals surface area contributed by atoms with Crippen LogP contribution in [0.15, 0.2) is 0 Å². The molecule has 0 aromatic rings. The Kier molecular flexibility index (Phi) is 4.04. The Labute approximate surface area is 127 Å². The van der Waals surface area contributed by atoms with E-state index in [9.17, 15) is 9.90 Å². The van der Waals surface area contributed by atoms with Gasteiger partial charge in [0, 0.05) is 19.6 Å². The van der Waals surface area contributed by atoms with Gasteiger partial charge in [0.15, 0.2) is 0 Å². The van der Waals surface area contributed by atoms with E-state index in [2.05, 4.69) is 13.8 Å². The third kappa shape index (κ3) is 3.11. The van der Waals surface area contributed by atoms with Gasteiger partial charge in [-0.25, -0.2) is 0 Å². The molecule has 3 rings (SSSR count). The molecule has 21 heavy (non-hydrogen) atoms. The van der Waals surface area contributed by atoms with E-state index in [1.54, 1.807) is 0 Å². The van der Waals surface area contributed by atoms with E-state index in [0.29, 0.717) is 18.4 Å². The molecule has 120 valence electrons. The zero-order valence-corrected chi connectivity index (χ0v) is 13.3. The standard InChI is InChI=1S/C17H28O4/c1-16(2)5-3-13(15(18)19)14(10-16)12-4-7-21-17(9-12)6-8-20-11-17/h12-14H,3-11H2,1-2H3,(H,18,19). The lowest BCUT2D eigenvalue weighted by molar-refractivity contribution is -0.153. The van der Waals surface area contributed by atoms with Gasteiger partial charge >= 0.3 is 5.97 Å². The van der Waals surface area contributed by atoms with Gasteiger partial charge in [-0.05, 0) is 49.4 Å². The average molecular weight is 296 g/mol. The van der Waals surface area contributed by atoms with Gasteiger partial charge in [-0.1, -0.05) is 13.8 Å². The van der Waals surface area contributed by atoms with Gasteiger partial charge in [-0.2, -0.15) is 0 Å². The molecule has 1 spiro atoms. The molecule has 0 bridgehead atoms. The van der Waals surface area contributed by atoms with Gasteiger partial charge < -0.3 is 14.6 Å². The van der Waals surface area contributed by atoms with Crippen molar-refractivity contribution in [2.24, 2.45) is 23.2 Å². The van der Waals surface area contributed by atoms with Crippen molar-refractivity contribution in [3.8, 4) is 0 Å². The largest absolute Gasteiger partial charge is 0.481 e. The van der Waals surface area contributed by atoms with Crippen molar-refractivity contribution >= 4 is 5.97 Å². The molecular formula is C17H28O4. The van der Waals surface area contributed by atoms with Crippen LogP contribution >= 0.6 is 0 Å². The van der Waals surface area contributed by atoms with Crippen LogP contribution in [0.3, 0.4) is 0 Å². The van der Waals surface area contributed by atoms with Crippen LogP contribution in [0.5, 0.6) is 0 Å². The van der Waals surface area contributed by atoms with Crippen LogP contribution in [0.4, 0.5) is 0 Å². The molecular weight excluding hydrogens is 268 g/mol. The maximum absolute atomic E-state index is 11.7. The highest BCUT2D eigenvalue weighted by atomic mass is 16.6. The summed E-state index contributed by atoms with van der Waals surface area (Å²) in [6, 6.07) is 0. The summed E-state index contributed by atoms with van der Waals surface area (Å²) in [4.78, 5) is 11.7. The van der Waals surface area contributed by atoms with Crippen LogP contribution in [0, 0.1) is 23.2 Å². The quantitative estimate of drug-likeness (QED) is 0.850. The van der Waals surface area contributed by atoms with Crippen molar-refractivity contribution < 1.29 is 19.4 Å². The summed E-state index contributed by atoms with van der Waals surface area (Å²) >= 11 is 0. The summed E-state index contributed by atoms with van der Waals surface area (Å²) in [7, 11) is 0. The average Bonchev–Trinajstić information content (AvgIpc) is 2.85. The van der Waals surface area contributed by atoms with Crippen LogP contribution in [-0.2, 0) is 14.3 Å². The van der Waals surface area contributed by atoms with Gasteiger partial charge in [-0.3, -0.25) is 4.79 Å². The molecule has 0 aromatic carbocycles. The monoisotopic (exact) mass is 296 g/mol. The zero-order valence-electron chi connectivity index (χ0n) is 13.3. The van der Waals surface area contributed by atoms with E-state index in [1.165, 1.54) is 0 Å². The van der Waals surface area contributed by atoms with Crippen molar-refractivity contribution in [2.75, 3.05) is 19.8 Å². The molecule has 1 saturated carbocycles. The van der Waals surface area contributed by atoms with E-state index < -0.39 is 5.97 Å². The normalized spacial score (nSPS) is 43.0. The number of aliphatic carboxylic acids is 1. The van der Waals surface area contributed by atoms with E-state index in [4.69, 9.17) is 9.47 Å². The number of hydrogen-bond donors (Lipinski definition) is 1. The molecule has 0 radical (unpaired) electrons. The SMILES string of the molecule is CC1(C)CCC(C(=O)O)C(C2CCOC3(CCOC3)C2)C1. The Morgan fingerprint density at radius 2 is 1.95 bits per heavy atom. The Bertz CT molecular complexity index is 398. The smallest absolute Gasteiger partial charge is 0.306 e. The molecule has 4 nitrogen and oxygen atoms in total. The fourth-order valence-corrected chi connectivity index (χ4v) is 4.74. The highest BCUT2D eigenvalue weighted by molar-refractivity contribution is 5.70. The third-order valence-electron chi connectivity index (χ3n) is 5.96. The molecule has 2 heterocycles. The summed E-state index contributed by atoms with van der Waals surface area (Å²) in [5, 5.41) is 9.61. The maximum Gasteiger partial charge on any atom is 0.306 e. The van der Waals surface area contributed by atoms with E-state index in [1.807, 2.05) is 0 Å². The number of carbonyl (C=O) groups is 1. The minimum Gasteiger partial charge on any atom is -0.481 e. The molecule has 2 aliphatic heterocycles. The van der Waals surface area contributed by atoms with Crippen molar-refractivity contribution in [2.45, 2.75) is 58.0 Å². The second-order valence-corrected chi connectivity index (χ2v) is 8.10. The summed E-state index contributed by atoms with van der Waals surface area (Å²) in [6.07, 6.45) is 5.85. The number of rotatable bonds is 2. The van der Waals surface area contributed by atoms with E-state index in [-0.39, 0.29) is 16.9 Å². The molecule has 0 aromatic heterocycles. The number of carboxylic acids is 1. The van der Waals surface area contributed by atoms with Gasteiger partial charge in [0.1, 0.15) is 0 Å². The Morgan fingerprint density at radius 3 is 2.62 bits per heavy atom. The van der Waals surface area contributed by atoms with Gasteiger partial charge in [0.2, 0.25) is 0 Å². The Hall–Kier alpha value is -0.610. The van der Waals surface area contributed by atoms with Gasteiger partial charge in [-0.15, -0.1) is 0 Å². The number of hydrogen-bond acceptors (Lipinski definition) is 3. The Balaban J connectivity index is 1.76. The molecule has 4 atom stereocenters. The first-order valence-corrected chi connectivity index (χ1v) is 8.35. The first-order valence-electron chi connectivity index (χ1n) is 8.35. The highest BCUT2D eigenvalue weighted by Gasteiger charge is 2.48. The first-order chi connectivity index (χ1) is 9.91. The summed E-state index contributed by atoms with van der Waals surface area (Å²) in [5.74, 6) is 0.00737.